The number of aliphatic imine (C=N–C) groups is 1. The maximum atomic E-state index is 12.7. The lowest BCUT2D eigenvalue weighted by Crippen LogP contribution is -2.17. The van der Waals surface area contributed by atoms with E-state index >= 15 is 0 Å². The van der Waals surface area contributed by atoms with Crippen LogP contribution in [0.5, 0.6) is 0 Å². The molecule has 0 spiro atoms. The van der Waals surface area contributed by atoms with Gasteiger partial charge < -0.3 is 0 Å². The van der Waals surface area contributed by atoms with Crippen LogP contribution in [0.4, 0.5) is 5.13 Å². The lowest BCUT2D eigenvalue weighted by atomic mass is 10.2. The molecule has 2 heterocycles. The molecule has 0 aliphatic carbocycles. The van der Waals surface area contributed by atoms with Crippen LogP contribution in [0.2, 0.25) is 0 Å². The highest BCUT2D eigenvalue weighted by Crippen LogP contribution is 2.27. The van der Waals surface area contributed by atoms with Crippen molar-refractivity contribution in [1.82, 2.24) is 20.0 Å². The Labute approximate surface area is 159 Å². The van der Waals surface area contributed by atoms with Crippen molar-refractivity contribution >= 4 is 22.7 Å². The first-order chi connectivity index (χ1) is 13.1. The number of aryl methyl sites for hydroxylation is 2. The van der Waals surface area contributed by atoms with Crippen molar-refractivity contribution in [3.05, 3.63) is 81.8 Å². The highest BCUT2D eigenvalue weighted by Gasteiger charge is 2.11. The number of nitrogens with one attached hydrogen (secondary N) is 1. The monoisotopic (exact) mass is 375 g/mol. The van der Waals surface area contributed by atoms with Gasteiger partial charge in [-0.1, -0.05) is 59.4 Å². The second-order valence-corrected chi connectivity index (χ2v) is 7.10. The van der Waals surface area contributed by atoms with Crippen molar-refractivity contribution < 1.29 is 0 Å². The van der Waals surface area contributed by atoms with Crippen LogP contribution in [-0.4, -0.2) is 26.2 Å². The topological polar surface area (TPSA) is 75.9 Å². The van der Waals surface area contributed by atoms with Crippen LogP contribution in [0.1, 0.15) is 16.8 Å². The zero-order valence-corrected chi connectivity index (χ0v) is 15.7. The molecule has 0 saturated carbocycles. The highest BCUT2D eigenvalue weighted by molar-refractivity contribution is 7.18. The molecule has 7 heteroatoms. The van der Waals surface area contributed by atoms with Crippen molar-refractivity contribution in [2.45, 2.75) is 13.8 Å². The summed E-state index contributed by atoms with van der Waals surface area (Å²) in [7, 11) is 0. The standard InChI is InChI=1S/C20H17N5OS/c1-13-8-10-16(11-9-13)25-19(26)17(14(2)24-25)12-21-20-23-22-18(27-20)15-6-4-3-5-7-15/h3-12,24H,1-2H3. The fraction of sp³-hybridized carbons (Fsp3) is 0.100. The van der Waals surface area contributed by atoms with Gasteiger partial charge in [0.1, 0.15) is 5.01 Å². The molecular formula is C20H17N5OS. The second kappa shape index (κ2) is 7.13. The minimum absolute atomic E-state index is 0.145. The van der Waals surface area contributed by atoms with Crippen LogP contribution in [-0.2, 0) is 0 Å². The van der Waals surface area contributed by atoms with E-state index < -0.39 is 0 Å². The van der Waals surface area contributed by atoms with E-state index in [1.54, 1.807) is 6.21 Å². The van der Waals surface area contributed by atoms with Crippen LogP contribution < -0.4 is 5.56 Å². The van der Waals surface area contributed by atoms with E-state index in [4.69, 9.17) is 0 Å². The van der Waals surface area contributed by atoms with Gasteiger partial charge >= 0.3 is 0 Å². The smallest absolute Gasteiger partial charge is 0.280 e. The van der Waals surface area contributed by atoms with Gasteiger partial charge in [-0.05, 0) is 26.0 Å². The minimum atomic E-state index is -0.145. The van der Waals surface area contributed by atoms with Crippen molar-refractivity contribution in [2.24, 2.45) is 4.99 Å². The maximum Gasteiger partial charge on any atom is 0.280 e. The summed E-state index contributed by atoms with van der Waals surface area (Å²) >= 11 is 1.38. The Morgan fingerprint density at radius 3 is 2.52 bits per heavy atom. The molecule has 0 aliphatic heterocycles. The van der Waals surface area contributed by atoms with E-state index in [0.29, 0.717) is 10.7 Å². The minimum Gasteiger partial charge on any atom is -0.295 e. The summed E-state index contributed by atoms with van der Waals surface area (Å²) in [4.78, 5) is 17.1. The first-order valence-electron chi connectivity index (χ1n) is 8.43. The zero-order chi connectivity index (χ0) is 18.8. The zero-order valence-electron chi connectivity index (χ0n) is 14.9. The van der Waals surface area contributed by atoms with Crippen molar-refractivity contribution in [1.29, 1.82) is 0 Å². The number of benzene rings is 2. The fourth-order valence-electron chi connectivity index (χ4n) is 2.67. The summed E-state index contributed by atoms with van der Waals surface area (Å²) < 4.78 is 1.52. The number of rotatable bonds is 4. The summed E-state index contributed by atoms with van der Waals surface area (Å²) in [6.07, 6.45) is 1.55. The van der Waals surface area contributed by atoms with E-state index in [1.807, 2.05) is 68.4 Å². The quantitative estimate of drug-likeness (QED) is 0.547. The predicted molar refractivity (Wildman–Crippen MR) is 108 cm³/mol. The summed E-state index contributed by atoms with van der Waals surface area (Å²) in [5.41, 5.74) is 4.03. The molecule has 0 saturated heterocycles. The number of hydrogen-bond donors (Lipinski definition) is 1. The van der Waals surface area contributed by atoms with Gasteiger partial charge in [0.05, 0.1) is 11.3 Å². The van der Waals surface area contributed by atoms with Gasteiger partial charge in [-0.2, -0.15) is 0 Å². The predicted octanol–water partition coefficient (Wildman–Crippen LogP) is 4.05. The van der Waals surface area contributed by atoms with Crippen LogP contribution >= 0.6 is 11.3 Å². The molecule has 2 aromatic carbocycles. The normalized spacial score (nSPS) is 11.3. The molecule has 2 aromatic heterocycles. The van der Waals surface area contributed by atoms with Gasteiger partial charge in [0.2, 0.25) is 5.13 Å². The van der Waals surface area contributed by atoms with Gasteiger partial charge in [0, 0.05) is 17.5 Å². The molecule has 0 amide bonds. The molecule has 1 N–H and O–H groups in total. The summed E-state index contributed by atoms with van der Waals surface area (Å²) in [5.74, 6) is 0. The molecule has 4 aromatic rings. The number of hydrogen-bond acceptors (Lipinski definition) is 5. The first-order valence-corrected chi connectivity index (χ1v) is 9.25. The number of aromatic nitrogens is 4. The fourth-order valence-corrected chi connectivity index (χ4v) is 3.37. The molecule has 6 nitrogen and oxygen atoms in total. The van der Waals surface area contributed by atoms with Gasteiger partial charge in [0.25, 0.3) is 5.56 Å². The molecule has 0 unspecified atom stereocenters. The van der Waals surface area contributed by atoms with E-state index in [1.165, 1.54) is 16.0 Å². The summed E-state index contributed by atoms with van der Waals surface area (Å²) in [5, 5.41) is 12.7. The lowest BCUT2D eigenvalue weighted by molar-refractivity contribution is 0.835. The van der Waals surface area contributed by atoms with Gasteiger partial charge in [-0.15, -0.1) is 10.2 Å². The highest BCUT2D eigenvalue weighted by atomic mass is 32.1. The molecule has 0 atom stereocenters. The average molecular weight is 375 g/mol. The molecule has 27 heavy (non-hydrogen) atoms. The Bertz CT molecular complexity index is 1150. The maximum absolute atomic E-state index is 12.7. The van der Waals surface area contributed by atoms with Crippen LogP contribution in [0.25, 0.3) is 16.3 Å². The third-order valence-corrected chi connectivity index (χ3v) is 5.03. The molecule has 0 aliphatic rings. The van der Waals surface area contributed by atoms with E-state index in [-0.39, 0.29) is 5.56 Å². The van der Waals surface area contributed by atoms with Gasteiger partial charge in [0.15, 0.2) is 0 Å². The largest absolute Gasteiger partial charge is 0.295 e. The van der Waals surface area contributed by atoms with Crippen LogP contribution in [0.15, 0.2) is 64.4 Å². The third-order valence-electron chi connectivity index (χ3n) is 4.15. The molecule has 0 radical (unpaired) electrons. The molecule has 0 bridgehead atoms. The lowest BCUT2D eigenvalue weighted by Gasteiger charge is -2.01. The van der Waals surface area contributed by atoms with E-state index in [0.717, 1.165) is 27.5 Å². The SMILES string of the molecule is Cc1ccc(-n2[nH]c(C)c(C=Nc3nnc(-c4ccccc4)s3)c2=O)cc1. The Balaban J connectivity index is 1.63. The number of H-pyrrole nitrogens is 1. The van der Waals surface area contributed by atoms with E-state index in [9.17, 15) is 4.79 Å². The van der Waals surface area contributed by atoms with Gasteiger partial charge in [-0.25, -0.2) is 9.67 Å². The Morgan fingerprint density at radius 2 is 1.78 bits per heavy atom. The first kappa shape index (κ1) is 17.1. The summed E-state index contributed by atoms with van der Waals surface area (Å²) in [6, 6.07) is 17.6. The van der Waals surface area contributed by atoms with Crippen LogP contribution in [0, 0.1) is 13.8 Å². The molecular weight excluding hydrogens is 358 g/mol. The van der Waals surface area contributed by atoms with Gasteiger partial charge in [-0.3, -0.25) is 9.89 Å². The van der Waals surface area contributed by atoms with E-state index in [2.05, 4.69) is 20.3 Å². The van der Waals surface area contributed by atoms with Crippen molar-refractivity contribution in [3.8, 4) is 16.3 Å². The summed E-state index contributed by atoms with van der Waals surface area (Å²) in [6.45, 7) is 3.86. The number of nitrogens with zero attached hydrogens (tertiary/aromatic N) is 4. The third kappa shape index (κ3) is 3.50. The van der Waals surface area contributed by atoms with Crippen LogP contribution in [0.3, 0.4) is 0 Å². The Hall–Kier alpha value is -3.32. The average Bonchev–Trinajstić information content (AvgIpc) is 3.27. The second-order valence-electron chi connectivity index (χ2n) is 6.14. The van der Waals surface area contributed by atoms with Crippen molar-refractivity contribution in [2.75, 3.05) is 0 Å². The van der Waals surface area contributed by atoms with Crippen molar-refractivity contribution in [3.63, 3.8) is 0 Å². The number of aromatic amines is 1. The Morgan fingerprint density at radius 1 is 1.04 bits per heavy atom. The molecule has 4 rings (SSSR count). The molecule has 134 valence electrons. The molecule has 0 fully saturated rings. The Kier molecular flexibility index (Phi) is 4.52.